The molecule has 49 heavy (non-hydrogen) atoms. The van der Waals surface area contributed by atoms with Gasteiger partial charge in [0, 0.05) is 38.3 Å². The number of hydrogen-bond acceptors (Lipinski definition) is 3. The molecule has 2 aromatic heterocycles. The Kier molecular flexibility index (Phi) is 6.18. The molecule has 3 nitrogen and oxygen atoms in total. The number of nitrogens with zero attached hydrogens (tertiary/aromatic N) is 1. The van der Waals surface area contributed by atoms with Crippen molar-refractivity contribution in [2.45, 2.75) is 0 Å². The SMILES string of the molecule is c1ccc(-c2cc3c4cccc(N(c5ccccc5)c5ccc(-c6ccc7c(c6)oc6ccccc67)cc5)c4oc3c3ccccc23)cc1. The molecule has 0 atom stereocenters. The largest absolute Gasteiger partial charge is 0.456 e. The van der Waals surface area contributed by atoms with Gasteiger partial charge >= 0.3 is 0 Å². The lowest BCUT2D eigenvalue weighted by Crippen LogP contribution is -2.10. The maximum Gasteiger partial charge on any atom is 0.159 e. The molecule has 0 saturated heterocycles. The van der Waals surface area contributed by atoms with Gasteiger partial charge in [0.2, 0.25) is 0 Å². The highest BCUT2D eigenvalue weighted by atomic mass is 16.3. The van der Waals surface area contributed by atoms with Crippen LogP contribution in [0.25, 0.3) is 76.9 Å². The first kappa shape index (κ1) is 27.5. The molecule has 0 spiro atoms. The van der Waals surface area contributed by atoms with E-state index < -0.39 is 0 Å². The quantitative estimate of drug-likeness (QED) is 0.190. The Balaban J connectivity index is 1.13. The molecule has 0 amide bonds. The molecule has 0 aliphatic heterocycles. The maximum atomic E-state index is 6.92. The second-order valence-electron chi connectivity index (χ2n) is 12.5. The first-order chi connectivity index (χ1) is 24.3. The Hall–Kier alpha value is -6.58. The van der Waals surface area contributed by atoms with Gasteiger partial charge in [-0.15, -0.1) is 0 Å². The van der Waals surface area contributed by atoms with Crippen LogP contribution in [0.15, 0.2) is 185 Å². The predicted octanol–water partition coefficient (Wildman–Crippen LogP) is 13.4. The van der Waals surface area contributed by atoms with E-state index >= 15 is 0 Å². The predicted molar refractivity (Wildman–Crippen MR) is 204 cm³/mol. The minimum Gasteiger partial charge on any atom is -0.456 e. The third-order valence-electron chi connectivity index (χ3n) is 9.66. The number of para-hydroxylation sites is 3. The van der Waals surface area contributed by atoms with Crippen LogP contribution in [-0.2, 0) is 0 Å². The molecule has 0 saturated carbocycles. The topological polar surface area (TPSA) is 29.5 Å². The average Bonchev–Trinajstić information content (AvgIpc) is 3.74. The molecule has 0 bridgehead atoms. The molecule has 10 aromatic rings. The lowest BCUT2D eigenvalue weighted by atomic mass is 9.95. The van der Waals surface area contributed by atoms with Crippen LogP contribution in [0.4, 0.5) is 17.1 Å². The highest BCUT2D eigenvalue weighted by Gasteiger charge is 2.21. The van der Waals surface area contributed by atoms with Gasteiger partial charge in [0.15, 0.2) is 5.58 Å². The molecule has 0 unspecified atom stereocenters. The molecular weight excluding hydrogens is 599 g/mol. The fourth-order valence-corrected chi connectivity index (χ4v) is 7.35. The summed E-state index contributed by atoms with van der Waals surface area (Å²) >= 11 is 0. The van der Waals surface area contributed by atoms with E-state index in [-0.39, 0.29) is 0 Å². The van der Waals surface area contributed by atoms with Gasteiger partial charge in [0.05, 0.1) is 5.69 Å². The molecule has 0 fully saturated rings. The Labute approximate surface area is 282 Å². The van der Waals surface area contributed by atoms with E-state index in [1.807, 2.05) is 12.1 Å². The van der Waals surface area contributed by atoms with Crippen molar-refractivity contribution in [1.29, 1.82) is 0 Å². The zero-order valence-electron chi connectivity index (χ0n) is 26.5. The monoisotopic (exact) mass is 627 g/mol. The van der Waals surface area contributed by atoms with Gasteiger partial charge in [-0.25, -0.2) is 0 Å². The van der Waals surface area contributed by atoms with Crippen molar-refractivity contribution in [3.05, 3.63) is 176 Å². The molecule has 8 aromatic carbocycles. The van der Waals surface area contributed by atoms with E-state index in [1.54, 1.807) is 0 Å². The number of furan rings is 2. The standard InChI is InChI=1S/C46H29NO2/c1-3-12-31(13-4-1)40-29-41-39-19-11-20-42(46(39)49-45(41)38-18-8-7-16-35(38)40)47(33-14-5-2-6-15-33)34-25-22-30(23-26-34)32-24-27-37-36-17-9-10-21-43(36)48-44(37)28-32/h1-29H. The van der Waals surface area contributed by atoms with Crippen LogP contribution in [0.2, 0.25) is 0 Å². The Morgan fingerprint density at radius 3 is 1.76 bits per heavy atom. The second kappa shape index (κ2) is 11.0. The van der Waals surface area contributed by atoms with Crippen molar-refractivity contribution in [3.8, 4) is 22.3 Å². The summed E-state index contributed by atoms with van der Waals surface area (Å²) in [4.78, 5) is 2.29. The number of benzene rings is 8. The third kappa shape index (κ3) is 4.44. The fraction of sp³-hybridized carbons (Fsp3) is 0. The molecule has 3 heteroatoms. The molecule has 10 rings (SSSR count). The summed E-state index contributed by atoms with van der Waals surface area (Å²) in [7, 11) is 0. The number of anilines is 3. The van der Waals surface area contributed by atoms with Gasteiger partial charge in [0.1, 0.15) is 16.7 Å². The number of hydrogen-bond donors (Lipinski definition) is 0. The Morgan fingerprint density at radius 1 is 0.327 bits per heavy atom. The highest BCUT2D eigenvalue weighted by Crippen LogP contribution is 2.45. The smallest absolute Gasteiger partial charge is 0.159 e. The molecular formula is C46H29NO2. The highest BCUT2D eigenvalue weighted by molar-refractivity contribution is 6.21. The van der Waals surface area contributed by atoms with E-state index in [2.05, 4.69) is 169 Å². The van der Waals surface area contributed by atoms with Crippen LogP contribution < -0.4 is 4.90 Å². The van der Waals surface area contributed by atoms with Gasteiger partial charge in [-0.1, -0.05) is 121 Å². The Morgan fingerprint density at radius 2 is 0.939 bits per heavy atom. The molecule has 0 aliphatic carbocycles. The normalized spacial score (nSPS) is 11.7. The molecule has 0 N–H and O–H groups in total. The average molecular weight is 628 g/mol. The summed E-state index contributed by atoms with van der Waals surface area (Å²) in [5.74, 6) is 0. The zero-order valence-corrected chi connectivity index (χ0v) is 26.5. The van der Waals surface area contributed by atoms with E-state index in [4.69, 9.17) is 8.83 Å². The number of rotatable bonds is 5. The van der Waals surface area contributed by atoms with Crippen molar-refractivity contribution < 1.29 is 8.83 Å². The molecule has 2 heterocycles. The summed E-state index contributed by atoms with van der Waals surface area (Å²) in [5, 5.41) is 6.76. The zero-order chi connectivity index (χ0) is 32.3. The van der Waals surface area contributed by atoms with Gasteiger partial charge in [-0.3, -0.25) is 0 Å². The van der Waals surface area contributed by atoms with Crippen molar-refractivity contribution in [2.75, 3.05) is 4.90 Å². The van der Waals surface area contributed by atoms with Gasteiger partial charge in [-0.2, -0.15) is 0 Å². The fourth-order valence-electron chi connectivity index (χ4n) is 7.35. The van der Waals surface area contributed by atoms with Crippen molar-refractivity contribution >= 4 is 71.7 Å². The third-order valence-corrected chi connectivity index (χ3v) is 9.66. The van der Waals surface area contributed by atoms with Crippen LogP contribution >= 0.6 is 0 Å². The van der Waals surface area contributed by atoms with Crippen LogP contribution in [0.5, 0.6) is 0 Å². The molecule has 0 aliphatic rings. The van der Waals surface area contributed by atoms with E-state index in [0.717, 1.165) is 77.5 Å². The van der Waals surface area contributed by atoms with Gasteiger partial charge in [0.25, 0.3) is 0 Å². The minimum absolute atomic E-state index is 0.858. The van der Waals surface area contributed by atoms with Crippen LogP contribution in [0, 0.1) is 0 Å². The number of fused-ring (bicyclic) bond motifs is 8. The molecule has 230 valence electrons. The lowest BCUT2D eigenvalue weighted by molar-refractivity contribution is 0.669. The van der Waals surface area contributed by atoms with Gasteiger partial charge < -0.3 is 13.7 Å². The summed E-state index contributed by atoms with van der Waals surface area (Å²) in [6, 6.07) is 61.9. The first-order valence-corrected chi connectivity index (χ1v) is 16.6. The summed E-state index contributed by atoms with van der Waals surface area (Å²) in [5.41, 5.74) is 11.3. The lowest BCUT2D eigenvalue weighted by Gasteiger charge is -2.25. The van der Waals surface area contributed by atoms with Crippen LogP contribution in [0.1, 0.15) is 0 Å². The van der Waals surface area contributed by atoms with E-state index in [9.17, 15) is 0 Å². The van der Waals surface area contributed by atoms with E-state index in [1.165, 1.54) is 16.5 Å². The van der Waals surface area contributed by atoms with Crippen molar-refractivity contribution in [1.82, 2.24) is 0 Å². The molecule has 0 radical (unpaired) electrons. The van der Waals surface area contributed by atoms with Crippen molar-refractivity contribution in [2.24, 2.45) is 0 Å². The second-order valence-corrected chi connectivity index (χ2v) is 12.5. The minimum atomic E-state index is 0.858. The van der Waals surface area contributed by atoms with E-state index in [0.29, 0.717) is 0 Å². The summed E-state index contributed by atoms with van der Waals surface area (Å²) in [6.07, 6.45) is 0. The maximum absolute atomic E-state index is 6.92. The van der Waals surface area contributed by atoms with Crippen LogP contribution in [-0.4, -0.2) is 0 Å². The summed E-state index contributed by atoms with van der Waals surface area (Å²) in [6.45, 7) is 0. The van der Waals surface area contributed by atoms with Gasteiger partial charge in [-0.05, 0) is 82.2 Å². The van der Waals surface area contributed by atoms with Crippen molar-refractivity contribution in [3.63, 3.8) is 0 Å². The van der Waals surface area contributed by atoms with Crippen LogP contribution in [0.3, 0.4) is 0 Å². The first-order valence-electron chi connectivity index (χ1n) is 16.6. The Bertz CT molecular complexity index is 2810. The summed E-state index contributed by atoms with van der Waals surface area (Å²) < 4.78 is 13.1.